The minimum Gasteiger partial charge on any atom is -0.484 e. The van der Waals surface area contributed by atoms with Crippen LogP contribution in [0.2, 0.25) is 0 Å². The zero-order valence-corrected chi connectivity index (χ0v) is 20.0. The van der Waals surface area contributed by atoms with Gasteiger partial charge in [0.05, 0.1) is 12.5 Å². The van der Waals surface area contributed by atoms with Crippen LogP contribution >= 0.6 is 11.3 Å². The quantitative estimate of drug-likeness (QED) is 0.512. The Morgan fingerprint density at radius 1 is 1.06 bits per heavy atom. The van der Waals surface area contributed by atoms with Crippen molar-refractivity contribution in [3.63, 3.8) is 0 Å². The van der Waals surface area contributed by atoms with Crippen LogP contribution < -0.4 is 20.3 Å². The molecule has 0 spiro atoms. The van der Waals surface area contributed by atoms with Crippen LogP contribution in [-0.2, 0) is 20.9 Å². The molecule has 3 aromatic rings. The molecule has 0 radical (unpaired) electrons. The second kappa shape index (κ2) is 10.5. The molecule has 2 aromatic carbocycles. The third-order valence-electron chi connectivity index (χ3n) is 5.78. The Morgan fingerprint density at radius 3 is 2.47 bits per heavy atom. The van der Waals surface area contributed by atoms with Crippen LogP contribution in [0.15, 0.2) is 60.0 Å². The minimum atomic E-state index is -0.378. The van der Waals surface area contributed by atoms with Gasteiger partial charge in [-0.15, -0.1) is 11.3 Å². The van der Waals surface area contributed by atoms with Crippen LogP contribution in [0.3, 0.4) is 0 Å². The Hall–Kier alpha value is -3.65. The van der Waals surface area contributed by atoms with Crippen molar-refractivity contribution < 1.29 is 19.1 Å². The first-order valence-electron chi connectivity index (χ1n) is 11.1. The van der Waals surface area contributed by atoms with Crippen LogP contribution in [-0.4, -0.2) is 30.9 Å². The van der Waals surface area contributed by atoms with E-state index in [1.165, 1.54) is 0 Å². The number of rotatable bonds is 8. The molecule has 2 N–H and O–H groups in total. The molecule has 1 fully saturated rings. The van der Waals surface area contributed by atoms with Gasteiger partial charge in [0, 0.05) is 29.2 Å². The van der Waals surface area contributed by atoms with Crippen LogP contribution in [0, 0.1) is 19.8 Å². The number of ether oxygens (including phenoxy) is 1. The number of nitrogens with one attached hydrogen (secondary N) is 2. The van der Waals surface area contributed by atoms with Gasteiger partial charge in [-0.1, -0.05) is 24.3 Å². The molecule has 1 aliphatic rings. The summed E-state index contributed by atoms with van der Waals surface area (Å²) in [5.74, 6) is -0.293. The standard InChI is InChI=1S/C26H27N3O4S/c1-17-5-3-6-18(2)25(17)28-23(30)16-33-21-10-8-20(9-11-21)29-15-19(13-24(29)31)26(32)27-14-22-7-4-12-34-22/h3-12,19H,13-16H2,1-2H3,(H,27,32)(H,28,30)/t19-/m0/s1. The van der Waals surface area contributed by atoms with Crippen LogP contribution in [0.25, 0.3) is 0 Å². The molecule has 3 amide bonds. The van der Waals surface area contributed by atoms with Gasteiger partial charge in [0.15, 0.2) is 6.61 Å². The van der Waals surface area contributed by atoms with E-state index in [0.29, 0.717) is 24.5 Å². The molecule has 4 rings (SSSR count). The summed E-state index contributed by atoms with van der Waals surface area (Å²) in [6.45, 7) is 4.58. The molecule has 0 unspecified atom stereocenters. The van der Waals surface area contributed by atoms with Gasteiger partial charge >= 0.3 is 0 Å². The zero-order valence-electron chi connectivity index (χ0n) is 19.2. The van der Waals surface area contributed by atoms with Crippen molar-refractivity contribution in [3.05, 3.63) is 76.0 Å². The number of hydrogen-bond donors (Lipinski definition) is 2. The van der Waals surface area contributed by atoms with Crippen molar-refractivity contribution in [2.24, 2.45) is 5.92 Å². The largest absolute Gasteiger partial charge is 0.484 e. The normalized spacial score (nSPS) is 15.3. The second-order valence-corrected chi connectivity index (χ2v) is 9.33. The first-order valence-corrected chi connectivity index (χ1v) is 12.0. The summed E-state index contributed by atoms with van der Waals surface area (Å²) < 4.78 is 5.61. The lowest BCUT2D eigenvalue weighted by Crippen LogP contribution is -2.32. The molecule has 8 heteroatoms. The van der Waals surface area contributed by atoms with E-state index in [-0.39, 0.29) is 36.7 Å². The summed E-state index contributed by atoms with van der Waals surface area (Å²) >= 11 is 1.58. The van der Waals surface area contributed by atoms with E-state index in [1.54, 1.807) is 40.5 Å². The molecule has 34 heavy (non-hydrogen) atoms. The van der Waals surface area contributed by atoms with Gasteiger partial charge in [0.2, 0.25) is 11.8 Å². The van der Waals surface area contributed by atoms with Crippen LogP contribution in [0.5, 0.6) is 5.75 Å². The van der Waals surface area contributed by atoms with E-state index in [9.17, 15) is 14.4 Å². The monoisotopic (exact) mass is 477 g/mol. The van der Waals surface area contributed by atoms with E-state index >= 15 is 0 Å². The maximum atomic E-state index is 12.5. The molecule has 0 aliphatic carbocycles. The zero-order chi connectivity index (χ0) is 24.1. The summed E-state index contributed by atoms with van der Waals surface area (Å²) in [5.41, 5.74) is 3.48. The summed E-state index contributed by atoms with van der Waals surface area (Å²) in [6.07, 6.45) is 0.188. The highest BCUT2D eigenvalue weighted by Crippen LogP contribution is 2.27. The Bertz CT molecular complexity index is 1160. The number of carbonyl (C=O) groups is 3. The van der Waals surface area contributed by atoms with Gasteiger partial charge in [-0.25, -0.2) is 0 Å². The molecule has 1 aliphatic heterocycles. The molecule has 176 valence electrons. The van der Waals surface area contributed by atoms with Crippen LogP contribution in [0.4, 0.5) is 11.4 Å². The van der Waals surface area contributed by atoms with Crippen LogP contribution in [0.1, 0.15) is 22.4 Å². The highest BCUT2D eigenvalue weighted by Gasteiger charge is 2.35. The number of aryl methyl sites for hydroxylation is 2. The number of amides is 3. The molecule has 1 atom stereocenters. The number of carbonyl (C=O) groups excluding carboxylic acids is 3. The number of thiophene rings is 1. The maximum Gasteiger partial charge on any atom is 0.262 e. The number of benzene rings is 2. The van der Waals surface area contributed by atoms with Gasteiger partial charge in [-0.3, -0.25) is 14.4 Å². The first-order chi connectivity index (χ1) is 16.4. The van der Waals surface area contributed by atoms with Gasteiger partial charge in [-0.05, 0) is 60.7 Å². The summed E-state index contributed by atoms with van der Waals surface area (Å²) in [4.78, 5) is 40.0. The lowest BCUT2D eigenvalue weighted by atomic mass is 10.1. The highest BCUT2D eigenvalue weighted by atomic mass is 32.1. The third-order valence-corrected chi connectivity index (χ3v) is 6.65. The lowest BCUT2D eigenvalue weighted by molar-refractivity contribution is -0.126. The minimum absolute atomic E-state index is 0.0853. The molecule has 7 nitrogen and oxygen atoms in total. The summed E-state index contributed by atoms with van der Waals surface area (Å²) in [6, 6.07) is 16.7. The smallest absolute Gasteiger partial charge is 0.262 e. The average molecular weight is 478 g/mol. The molecule has 2 heterocycles. The Kier molecular flexibility index (Phi) is 7.27. The summed E-state index contributed by atoms with van der Waals surface area (Å²) in [7, 11) is 0. The highest BCUT2D eigenvalue weighted by molar-refractivity contribution is 7.09. The van der Waals surface area contributed by atoms with E-state index in [0.717, 1.165) is 21.7 Å². The fraction of sp³-hybridized carbons (Fsp3) is 0.269. The molecule has 0 bridgehead atoms. The SMILES string of the molecule is Cc1cccc(C)c1NC(=O)COc1ccc(N2C[C@@H](C(=O)NCc3cccs3)CC2=O)cc1. The fourth-order valence-electron chi connectivity index (χ4n) is 3.92. The van der Waals surface area contributed by atoms with Crippen molar-refractivity contribution in [3.8, 4) is 5.75 Å². The molecular formula is C26H27N3O4S. The number of para-hydroxylation sites is 1. The Labute approximate surface area is 202 Å². The predicted octanol–water partition coefficient (Wildman–Crippen LogP) is 4.05. The molecular weight excluding hydrogens is 450 g/mol. The molecule has 1 aromatic heterocycles. The van der Waals surface area contributed by atoms with Gasteiger partial charge < -0.3 is 20.3 Å². The van der Waals surface area contributed by atoms with Crippen molar-refractivity contribution in [1.82, 2.24) is 5.32 Å². The summed E-state index contributed by atoms with van der Waals surface area (Å²) in [5, 5.41) is 7.77. The Balaban J connectivity index is 1.28. The third kappa shape index (κ3) is 5.63. The lowest BCUT2D eigenvalue weighted by Gasteiger charge is -2.17. The Morgan fingerprint density at radius 2 is 1.79 bits per heavy atom. The van der Waals surface area contributed by atoms with Crippen molar-refractivity contribution in [2.45, 2.75) is 26.8 Å². The fourth-order valence-corrected chi connectivity index (χ4v) is 4.57. The number of anilines is 2. The van der Waals surface area contributed by atoms with Gasteiger partial charge in [0.1, 0.15) is 5.75 Å². The van der Waals surface area contributed by atoms with Gasteiger partial charge in [0.25, 0.3) is 5.91 Å². The molecule has 0 saturated carbocycles. The number of hydrogen-bond acceptors (Lipinski definition) is 5. The van der Waals surface area contributed by atoms with Crippen molar-refractivity contribution in [1.29, 1.82) is 0 Å². The van der Waals surface area contributed by atoms with Crippen molar-refractivity contribution >= 4 is 40.4 Å². The maximum absolute atomic E-state index is 12.5. The van der Waals surface area contributed by atoms with Crippen molar-refractivity contribution in [2.75, 3.05) is 23.4 Å². The van der Waals surface area contributed by atoms with E-state index < -0.39 is 0 Å². The van der Waals surface area contributed by atoms with E-state index in [1.807, 2.05) is 49.6 Å². The molecule has 1 saturated heterocycles. The van der Waals surface area contributed by atoms with E-state index in [4.69, 9.17) is 4.74 Å². The van der Waals surface area contributed by atoms with Gasteiger partial charge in [-0.2, -0.15) is 0 Å². The first kappa shape index (κ1) is 23.5. The second-order valence-electron chi connectivity index (χ2n) is 8.30. The topological polar surface area (TPSA) is 87.7 Å². The number of nitrogens with zero attached hydrogens (tertiary/aromatic N) is 1. The predicted molar refractivity (Wildman–Crippen MR) is 133 cm³/mol. The average Bonchev–Trinajstić information content (AvgIpc) is 3.49. The van der Waals surface area contributed by atoms with E-state index in [2.05, 4.69) is 10.6 Å².